The van der Waals surface area contributed by atoms with Crippen LogP contribution < -0.4 is 4.74 Å². The number of halogens is 1. The van der Waals surface area contributed by atoms with E-state index in [-0.39, 0.29) is 11.6 Å². The number of benzene rings is 1. The monoisotopic (exact) mass is 294 g/mol. The van der Waals surface area contributed by atoms with Crippen molar-refractivity contribution in [3.8, 4) is 11.8 Å². The highest BCUT2D eigenvalue weighted by molar-refractivity contribution is 7.11. The van der Waals surface area contributed by atoms with Crippen LogP contribution in [-0.2, 0) is 6.61 Å². The van der Waals surface area contributed by atoms with Crippen molar-refractivity contribution < 1.29 is 14.6 Å². The van der Waals surface area contributed by atoms with Gasteiger partial charge in [-0.15, -0.1) is 11.3 Å². The molecule has 0 aliphatic heterocycles. The molecule has 0 fully saturated rings. The number of thiazole rings is 1. The van der Waals surface area contributed by atoms with Crippen LogP contribution in [0.1, 0.15) is 21.1 Å². The largest absolute Gasteiger partial charge is 0.487 e. The van der Waals surface area contributed by atoms with Crippen LogP contribution in [-0.4, -0.2) is 16.1 Å². The van der Waals surface area contributed by atoms with Crippen LogP contribution in [0.4, 0.5) is 0 Å². The molecule has 0 unspecified atom stereocenters. The van der Waals surface area contributed by atoms with Crippen molar-refractivity contribution >= 4 is 28.9 Å². The Morgan fingerprint density at radius 3 is 2.95 bits per heavy atom. The van der Waals surface area contributed by atoms with Gasteiger partial charge in [-0.2, -0.15) is 5.26 Å². The molecule has 1 N–H and O–H groups in total. The van der Waals surface area contributed by atoms with E-state index in [4.69, 9.17) is 26.7 Å². The molecule has 0 aliphatic rings. The van der Waals surface area contributed by atoms with Crippen LogP contribution >= 0.6 is 22.9 Å². The number of hydrogen-bond acceptors (Lipinski definition) is 5. The Morgan fingerprint density at radius 2 is 2.37 bits per heavy atom. The highest BCUT2D eigenvalue weighted by Gasteiger charge is 2.09. The number of rotatable bonds is 4. The second kappa shape index (κ2) is 5.69. The number of nitrogens with zero attached hydrogens (tertiary/aromatic N) is 2. The first kappa shape index (κ1) is 13.3. The van der Waals surface area contributed by atoms with E-state index in [2.05, 4.69) is 4.98 Å². The van der Waals surface area contributed by atoms with Crippen LogP contribution in [0.5, 0.6) is 5.75 Å². The third-order valence-electron chi connectivity index (χ3n) is 2.18. The molecular formula is C12H7ClN2O3S. The van der Waals surface area contributed by atoms with E-state index < -0.39 is 5.97 Å². The highest BCUT2D eigenvalue weighted by Crippen LogP contribution is 2.22. The number of carboxylic acid groups (broad SMARTS) is 1. The third-order valence-corrected chi connectivity index (χ3v) is 3.37. The molecule has 7 heteroatoms. The zero-order chi connectivity index (χ0) is 13.8. The summed E-state index contributed by atoms with van der Waals surface area (Å²) in [5, 5.41) is 19.4. The second-order valence-electron chi connectivity index (χ2n) is 3.49. The minimum atomic E-state index is -1.06. The molecule has 0 bridgehead atoms. The lowest BCUT2D eigenvalue weighted by atomic mass is 10.2. The lowest BCUT2D eigenvalue weighted by Crippen LogP contribution is -1.99. The van der Waals surface area contributed by atoms with E-state index >= 15 is 0 Å². The summed E-state index contributed by atoms with van der Waals surface area (Å²) in [6.07, 6.45) is 0. The van der Waals surface area contributed by atoms with Gasteiger partial charge >= 0.3 is 5.97 Å². The van der Waals surface area contributed by atoms with Gasteiger partial charge in [-0.05, 0) is 12.1 Å². The van der Waals surface area contributed by atoms with Gasteiger partial charge in [-0.3, -0.25) is 0 Å². The topological polar surface area (TPSA) is 83.2 Å². The fraction of sp³-hybridized carbons (Fsp3) is 0.0833. The van der Waals surface area contributed by atoms with E-state index in [1.54, 1.807) is 17.5 Å². The molecule has 1 aromatic heterocycles. The number of aromatic nitrogens is 1. The zero-order valence-corrected chi connectivity index (χ0v) is 11.0. The van der Waals surface area contributed by atoms with Crippen LogP contribution in [0.25, 0.3) is 0 Å². The molecule has 0 saturated carbocycles. The maximum atomic E-state index is 10.7. The van der Waals surface area contributed by atoms with E-state index in [9.17, 15) is 4.79 Å². The first-order valence-electron chi connectivity index (χ1n) is 5.10. The Morgan fingerprint density at radius 1 is 1.58 bits per heavy atom. The summed E-state index contributed by atoms with van der Waals surface area (Å²) in [6.45, 7) is 0.145. The molecule has 2 rings (SSSR count). The van der Waals surface area contributed by atoms with Gasteiger partial charge in [-0.25, -0.2) is 9.78 Å². The molecule has 0 aliphatic carbocycles. The lowest BCUT2D eigenvalue weighted by Gasteiger charge is -2.04. The summed E-state index contributed by atoms with van der Waals surface area (Å²) < 4.78 is 5.42. The van der Waals surface area contributed by atoms with Gasteiger partial charge in [0.25, 0.3) is 0 Å². The van der Waals surface area contributed by atoms with Crippen molar-refractivity contribution in [2.24, 2.45) is 0 Å². The minimum absolute atomic E-state index is 0.0245. The molecule has 2 aromatic rings. The van der Waals surface area contributed by atoms with Gasteiger partial charge in [0.15, 0.2) is 0 Å². The van der Waals surface area contributed by atoms with Crippen molar-refractivity contribution in [1.82, 2.24) is 4.98 Å². The standard InChI is InChI=1S/C12H7ClN2O3S/c13-10-3-9(2-1-7(10)4-14)18-5-8-6-19-11(15-8)12(16)17/h1-3,6H,5H2,(H,16,17). The average molecular weight is 295 g/mol. The number of carboxylic acids is 1. The van der Waals surface area contributed by atoms with Crippen LogP contribution in [0, 0.1) is 11.3 Å². The zero-order valence-electron chi connectivity index (χ0n) is 9.46. The van der Waals surface area contributed by atoms with Crippen LogP contribution in [0.2, 0.25) is 5.02 Å². The Hall–Kier alpha value is -2.10. The Balaban J connectivity index is 2.04. The third kappa shape index (κ3) is 3.22. The maximum absolute atomic E-state index is 10.7. The quantitative estimate of drug-likeness (QED) is 0.937. The Bertz CT molecular complexity index is 663. The van der Waals surface area contributed by atoms with Gasteiger partial charge < -0.3 is 9.84 Å². The lowest BCUT2D eigenvalue weighted by molar-refractivity contribution is 0.0696. The van der Waals surface area contributed by atoms with E-state index in [0.717, 1.165) is 11.3 Å². The molecule has 0 spiro atoms. The Labute approximate surface area is 117 Å². The molecule has 0 saturated heterocycles. The first-order chi connectivity index (χ1) is 9.10. The molecule has 0 radical (unpaired) electrons. The second-order valence-corrected chi connectivity index (χ2v) is 4.76. The molecular weight excluding hydrogens is 288 g/mol. The van der Waals surface area contributed by atoms with Crippen molar-refractivity contribution in [3.05, 3.63) is 44.9 Å². The molecule has 5 nitrogen and oxygen atoms in total. The van der Waals surface area contributed by atoms with E-state index in [0.29, 0.717) is 22.0 Å². The minimum Gasteiger partial charge on any atom is -0.487 e. The molecule has 96 valence electrons. The summed E-state index contributed by atoms with van der Waals surface area (Å²) in [6, 6.07) is 6.66. The van der Waals surface area contributed by atoms with Gasteiger partial charge in [0.2, 0.25) is 5.01 Å². The maximum Gasteiger partial charge on any atom is 0.365 e. The number of ether oxygens (including phenoxy) is 1. The fourth-order valence-corrected chi connectivity index (χ4v) is 2.16. The van der Waals surface area contributed by atoms with Crippen LogP contribution in [0.3, 0.4) is 0 Å². The number of aromatic carboxylic acids is 1. The van der Waals surface area contributed by atoms with Gasteiger partial charge in [-0.1, -0.05) is 11.6 Å². The predicted octanol–water partition coefficient (Wildman–Crippen LogP) is 2.95. The van der Waals surface area contributed by atoms with E-state index in [1.807, 2.05) is 6.07 Å². The van der Waals surface area contributed by atoms with Crippen molar-refractivity contribution in [2.45, 2.75) is 6.61 Å². The van der Waals surface area contributed by atoms with Crippen molar-refractivity contribution in [2.75, 3.05) is 0 Å². The summed E-state index contributed by atoms with van der Waals surface area (Å²) in [5.74, 6) is -0.563. The molecule has 0 atom stereocenters. The molecule has 1 heterocycles. The SMILES string of the molecule is N#Cc1ccc(OCc2csc(C(=O)O)n2)cc1Cl. The first-order valence-corrected chi connectivity index (χ1v) is 6.36. The molecule has 19 heavy (non-hydrogen) atoms. The van der Waals surface area contributed by atoms with E-state index in [1.165, 1.54) is 6.07 Å². The normalized spacial score (nSPS) is 9.89. The summed E-state index contributed by atoms with van der Waals surface area (Å²) in [4.78, 5) is 14.6. The van der Waals surface area contributed by atoms with Crippen molar-refractivity contribution in [3.63, 3.8) is 0 Å². The highest BCUT2D eigenvalue weighted by atomic mass is 35.5. The fourth-order valence-electron chi connectivity index (χ4n) is 1.31. The molecule has 0 amide bonds. The number of nitriles is 1. The molecule has 1 aromatic carbocycles. The average Bonchev–Trinajstić information content (AvgIpc) is 2.85. The number of carbonyl (C=O) groups is 1. The van der Waals surface area contributed by atoms with Gasteiger partial charge in [0.05, 0.1) is 16.3 Å². The number of hydrogen-bond donors (Lipinski definition) is 1. The van der Waals surface area contributed by atoms with Gasteiger partial charge in [0.1, 0.15) is 18.4 Å². The van der Waals surface area contributed by atoms with Crippen molar-refractivity contribution in [1.29, 1.82) is 5.26 Å². The van der Waals surface area contributed by atoms with Gasteiger partial charge in [0, 0.05) is 11.4 Å². The Kier molecular flexibility index (Phi) is 4.00. The summed E-state index contributed by atoms with van der Waals surface area (Å²) in [5.41, 5.74) is 0.902. The smallest absolute Gasteiger partial charge is 0.365 e. The summed E-state index contributed by atoms with van der Waals surface area (Å²) >= 11 is 6.91. The predicted molar refractivity (Wildman–Crippen MR) is 69.6 cm³/mol. The van der Waals surface area contributed by atoms with Crippen LogP contribution in [0.15, 0.2) is 23.6 Å². The summed E-state index contributed by atoms with van der Waals surface area (Å²) in [7, 11) is 0.